The first kappa shape index (κ1) is 10.3. The number of fused-ring (bicyclic) bond motifs is 3. The zero-order valence-electron chi connectivity index (χ0n) is 10.2. The van der Waals surface area contributed by atoms with Crippen molar-refractivity contribution in [3.8, 4) is 5.75 Å². The molecule has 1 heterocycles. The molecule has 0 saturated heterocycles. The third-order valence-electron chi connectivity index (χ3n) is 3.48. The molecule has 0 atom stereocenters. The number of aryl methyl sites for hydroxylation is 1. The predicted octanol–water partition coefficient (Wildman–Crippen LogP) is 3.34. The minimum atomic E-state index is -0.553. The summed E-state index contributed by atoms with van der Waals surface area (Å²) in [5, 5.41) is 2.28. The van der Waals surface area contributed by atoms with Crippen molar-refractivity contribution in [2.75, 3.05) is 0 Å². The summed E-state index contributed by atoms with van der Waals surface area (Å²) < 4.78 is 5.33. The van der Waals surface area contributed by atoms with Gasteiger partial charge in [-0.2, -0.15) is 0 Å². The van der Waals surface area contributed by atoms with Gasteiger partial charge in [0.05, 0.1) is 5.41 Å². The summed E-state index contributed by atoms with van der Waals surface area (Å²) in [4.78, 5) is 11.9. The number of hydrogen-bond acceptors (Lipinski definition) is 2. The molecule has 0 spiro atoms. The number of hydrogen-bond donors (Lipinski definition) is 0. The number of benzene rings is 2. The van der Waals surface area contributed by atoms with E-state index in [1.807, 2.05) is 26.0 Å². The molecule has 0 N–H and O–H groups in total. The second kappa shape index (κ2) is 3.10. The number of carbonyl (C=O) groups is 1. The smallest absolute Gasteiger partial charge is 0.321 e. The maximum Gasteiger partial charge on any atom is 0.321 e. The summed E-state index contributed by atoms with van der Waals surface area (Å²) in [7, 11) is 0. The van der Waals surface area contributed by atoms with Gasteiger partial charge in [0.2, 0.25) is 0 Å². The van der Waals surface area contributed by atoms with Crippen LogP contribution in [0, 0.1) is 6.92 Å². The van der Waals surface area contributed by atoms with Crippen molar-refractivity contribution < 1.29 is 9.53 Å². The van der Waals surface area contributed by atoms with Crippen molar-refractivity contribution in [2.45, 2.75) is 26.2 Å². The van der Waals surface area contributed by atoms with E-state index in [9.17, 15) is 4.79 Å². The van der Waals surface area contributed by atoms with E-state index in [2.05, 4.69) is 25.1 Å². The van der Waals surface area contributed by atoms with Crippen LogP contribution in [0.5, 0.6) is 5.75 Å². The van der Waals surface area contributed by atoms with Gasteiger partial charge in [-0.05, 0) is 37.6 Å². The number of rotatable bonds is 0. The van der Waals surface area contributed by atoms with Gasteiger partial charge >= 0.3 is 5.97 Å². The van der Waals surface area contributed by atoms with Gasteiger partial charge in [0.25, 0.3) is 0 Å². The van der Waals surface area contributed by atoms with E-state index >= 15 is 0 Å². The van der Waals surface area contributed by atoms with Crippen molar-refractivity contribution >= 4 is 16.7 Å². The van der Waals surface area contributed by atoms with Gasteiger partial charge in [-0.25, -0.2) is 0 Å². The number of carbonyl (C=O) groups excluding carboxylic acids is 1. The highest BCUT2D eigenvalue weighted by Gasteiger charge is 2.42. The fourth-order valence-electron chi connectivity index (χ4n) is 2.47. The molecule has 1 aliphatic rings. The molecule has 17 heavy (non-hydrogen) atoms. The summed E-state index contributed by atoms with van der Waals surface area (Å²) in [5.74, 6) is 0.541. The molecule has 0 aromatic heterocycles. The van der Waals surface area contributed by atoms with Crippen molar-refractivity contribution in [3.05, 3.63) is 41.5 Å². The first-order chi connectivity index (χ1) is 8.00. The third-order valence-corrected chi connectivity index (χ3v) is 3.48. The number of ether oxygens (including phenoxy) is 1. The van der Waals surface area contributed by atoms with E-state index in [1.165, 1.54) is 5.56 Å². The van der Waals surface area contributed by atoms with Gasteiger partial charge in [-0.1, -0.05) is 29.8 Å². The van der Waals surface area contributed by atoms with Crippen LogP contribution in [0.2, 0.25) is 0 Å². The minimum absolute atomic E-state index is 0.165. The normalized spacial score (nSPS) is 17.0. The Bertz CT molecular complexity index is 639. The topological polar surface area (TPSA) is 26.3 Å². The summed E-state index contributed by atoms with van der Waals surface area (Å²) in [6, 6.07) is 10.2. The summed E-state index contributed by atoms with van der Waals surface area (Å²) in [6.45, 7) is 5.90. The lowest BCUT2D eigenvalue weighted by Gasteiger charge is -2.15. The average Bonchev–Trinajstić information content (AvgIpc) is 2.50. The van der Waals surface area contributed by atoms with E-state index in [-0.39, 0.29) is 5.97 Å². The van der Waals surface area contributed by atoms with Crippen LogP contribution in [0.25, 0.3) is 10.8 Å². The lowest BCUT2D eigenvalue weighted by atomic mass is 9.83. The molecule has 0 unspecified atom stereocenters. The highest BCUT2D eigenvalue weighted by molar-refractivity contribution is 6.00. The van der Waals surface area contributed by atoms with E-state index in [1.54, 1.807) is 0 Å². The Morgan fingerprint density at radius 1 is 1.12 bits per heavy atom. The quantitative estimate of drug-likeness (QED) is 0.508. The summed E-state index contributed by atoms with van der Waals surface area (Å²) >= 11 is 0. The van der Waals surface area contributed by atoms with E-state index in [0.717, 1.165) is 16.3 Å². The molecule has 0 fully saturated rings. The second-order valence-electron chi connectivity index (χ2n) is 5.18. The maximum absolute atomic E-state index is 11.9. The van der Waals surface area contributed by atoms with Gasteiger partial charge in [-0.15, -0.1) is 0 Å². The second-order valence-corrected chi connectivity index (χ2v) is 5.18. The summed E-state index contributed by atoms with van der Waals surface area (Å²) in [5.41, 5.74) is 1.66. The number of esters is 1. The van der Waals surface area contributed by atoms with E-state index < -0.39 is 5.41 Å². The van der Waals surface area contributed by atoms with Crippen molar-refractivity contribution in [2.24, 2.45) is 0 Å². The van der Waals surface area contributed by atoms with Crippen LogP contribution in [0.4, 0.5) is 0 Å². The van der Waals surface area contributed by atoms with Gasteiger partial charge in [-0.3, -0.25) is 4.79 Å². The van der Waals surface area contributed by atoms with Crippen LogP contribution in [0.15, 0.2) is 30.3 Å². The largest absolute Gasteiger partial charge is 0.426 e. The third kappa shape index (κ3) is 1.30. The van der Waals surface area contributed by atoms with Gasteiger partial charge < -0.3 is 4.74 Å². The van der Waals surface area contributed by atoms with Crippen molar-refractivity contribution in [1.82, 2.24) is 0 Å². The van der Waals surface area contributed by atoms with Crippen LogP contribution >= 0.6 is 0 Å². The molecule has 0 bridgehead atoms. The van der Waals surface area contributed by atoms with Crippen LogP contribution in [0.1, 0.15) is 25.0 Å². The summed E-state index contributed by atoms with van der Waals surface area (Å²) in [6.07, 6.45) is 0. The molecule has 86 valence electrons. The monoisotopic (exact) mass is 226 g/mol. The SMILES string of the molecule is Cc1ccc2ccc3c(c2c1)C(C)(C)C(=O)O3. The van der Waals surface area contributed by atoms with Crippen molar-refractivity contribution in [3.63, 3.8) is 0 Å². The van der Waals surface area contributed by atoms with Crippen LogP contribution in [-0.2, 0) is 10.2 Å². The molecule has 2 aromatic rings. The Balaban J connectivity index is 2.44. The van der Waals surface area contributed by atoms with Crippen LogP contribution < -0.4 is 4.74 Å². The average molecular weight is 226 g/mol. The maximum atomic E-state index is 11.9. The molecule has 1 aliphatic heterocycles. The predicted molar refractivity (Wildman–Crippen MR) is 67.3 cm³/mol. The molecule has 2 nitrogen and oxygen atoms in total. The molecule has 2 aromatic carbocycles. The highest BCUT2D eigenvalue weighted by atomic mass is 16.5. The molecular formula is C15H14O2. The molecule has 0 radical (unpaired) electrons. The molecule has 3 rings (SSSR count). The molecule has 0 aliphatic carbocycles. The van der Waals surface area contributed by atoms with Gasteiger partial charge in [0, 0.05) is 5.56 Å². The Hall–Kier alpha value is -1.83. The lowest BCUT2D eigenvalue weighted by Crippen LogP contribution is -2.26. The zero-order chi connectivity index (χ0) is 12.2. The molecule has 2 heteroatoms. The zero-order valence-corrected chi connectivity index (χ0v) is 10.2. The molecular weight excluding hydrogens is 212 g/mol. The van der Waals surface area contributed by atoms with Crippen LogP contribution in [0.3, 0.4) is 0 Å². The first-order valence-corrected chi connectivity index (χ1v) is 5.76. The first-order valence-electron chi connectivity index (χ1n) is 5.76. The standard InChI is InChI=1S/C15H14O2/c1-9-4-5-10-6-7-12-13(11(10)8-9)15(2,3)14(16)17-12/h4-8H,1-3H3. The van der Waals surface area contributed by atoms with E-state index in [0.29, 0.717) is 5.75 Å². The lowest BCUT2D eigenvalue weighted by molar-refractivity contribution is -0.137. The van der Waals surface area contributed by atoms with Gasteiger partial charge in [0.15, 0.2) is 0 Å². The molecule has 0 amide bonds. The van der Waals surface area contributed by atoms with Gasteiger partial charge in [0.1, 0.15) is 5.75 Å². The van der Waals surface area contributed by atoms with Crippen molar-refractivity contribution in [1.29, 1.82) is 0 Å². The highest BCUT2D eigenvalue weighted by Crippen LogP contribution is 2.43. The van der Waals surface area contributed by atoms with Crippen LogP contribution in [-0.4, -0.2) is 5.97 Å². The van der Waals surface area contributed by atoms with E-state index in [4.69, 9.17) is 4.74 Å². The Kier molecular flexibility index (Phi) is 1.88. The Morgan fingerprint density at radius 3 is 2.59 bits per heavy atom. The fraction of sp³-hybridized carbons (Fsp3) is 0.267. The Morgan fingerprint density at radius 2 is 1.82 bits per heavy atom. The fourth-order valence-corrected chi connectivity index (χ4v) is 2.47. The molecule has 0 saturated carbocycles. The minimum Gasteiger partial charge on any atom is -0.426 e. The Labute approximate surface area is 100 Å².